The van der Waals surface area contributed by atoms with Crippen LogP contribution in [0.15, 0.2) is 18.3 Å². The summed E-state index contributed by atoms with van der Waals surface area (Å²) in [6.45, 7) is 16.9. The van der Waals surface area contributed by atoms with Gasteiger partial charge in [0, 0.05) is 60.3 Å². The molecule has 2 fully saturated rings. The van der Waals surface area contributed by atoms with Gasteiger partial charge in [-0.25, -0.2) is 0 Å². The Morgan fingerprint density at radius 2 is 1.71 bits per heavy atom. The topological polar surface area (TPSA) is 53.5 Å². The van der Waals surface area contributed by atoms with Crippen LogP contribution in [-0.2, 0) is 32.1 Å². The van der Waals surface area contributed by atoms with Gasteiger partial charge in [-0.2, -0.15) is 13.2 Å². The first-order chi connectivity index (χ1) is 19.6. The number of hydrogen-bond acceptors (Lipinski definition) is 5. The first-order valence-corrected chi connectivity index (χ1v) is 18.5. The van der Waals surface area contributed by atoms with Gasteiger partial charge in [0.2, 0.25) is 0 Å². The maximum absolute atomic E-state index is 13.4. The van der Waals surface area contributed by atoms with E-state index in [4.69, 9.17) is 18.9 Å². The molecule has 0 bridgehead atoms. The molecule has 1 saturated heterocycles. The van der Waals surface area contributed by atoms with E-state index in [9.17, 15) is 13.2 Å². The summed E-state index contributed by atoms with van der Waals surface area (Å²) >= 11 is 0. The second-order valence-electron chi connectivity index (χ2n) is 15.0. The molecule has 6 rings (SSSR count). The largest absolute Gasteiger partial charge is 0.433 e. The Morgan fingerprint density at radius 3 is 2.24 bits per heavy atom. The van der Waals surface area contributed by atoms with Gasteiger partial charge < -0.3 is 13.9 Å². The van der Waals surface area contributed by atoms with Gasteiger partial charge in [0.1, 0.15) is 11.8 Å². The Hall–Kier alpha value is -1.81. The second-order valence-corrected chi connectivity index (χ2v) is 19.7. The van der Waals surface area contributed by atoms with Crippen molar-refractivity contribution in [3.8, 4) is 0 Å². The van der Waals surface area contributed by atoms with Crippen molar-refractivity contribution in [3.05, 3.63) is 57.7 Å². The summed E-state index contributed by atoms with van der Waals surface area (Å²) in [4.78, 5) is 9.26. The Balaban J connectivity index is 1.58. The Kier molecular flexibility index (Phi) is 7.27. The highest BCUT2D eigenvalue weighted by Crippen LogP contribution is 2.61. The van der Waals surface area contributed by atoms with E-state index in [2.05, 4.69) is 52.7 Å². The van der Waals surface area contributed by atoms with Crippen LogP contribution in [0.2, 0.25) is 18.1 Å². The molecule has 4 aliphatic rings. The highest BCUT2D eigenvalue weighted by Gasteiger charge is 2.55. The molecular formula is C33H45F3N2O3Si. The number of aromatic nitrogens is 2. The van der Waals surface area contributed by atoms with E-state index >= 15 is 0 Å². The molecule has 2 atom stereocenters. The van der Waals surface area contributed by atoms with Crippen LogP contribution < -0.4 is 0 Å². The van der Waals surface area contributed by atoms with Crippen molar-refractivity contribution in [2.75, 3.05) is 13.2 Å². The third-order valence-electron chi connectivity index (χ3n) is 10.8. The lowest BCUT2D eigenvalue weighted by atomic mass is 9.58. The lowest BCUT2D eigenvalue weighted by Crippen LogP contribution is -2.47. The molecule has 42 heavy (non-hydrogen) atoms. The van der Waals surface area contributed by atoms with Crippen molar-refractivity contribution in [2.45, 2.75) is 128 Å². The molecule has 1 unspecified atom stereocenters. The third-order valence-corrected chi connectivity index (χ3v) is 15.3. The molecule has 0 aromatic carbocycles. The van der Waals surface area contributed by atoms with Crippen LogP contribution in [0, 0.1) is 5.41 Å². The van der Waals surface area contributed by atoms with E-state index in [0.717, 1.165) is 35.9 Å². The Morgan fingerprint density at radius 1 is 1.02 bits per heavy atom. The average Bonchev–Trinajstić information content (AvgIpc) is 3.20. The van der Waals surface area contributed by atoms with Crippen LogP contribution in [0.25, 0.3) is 0 Å². The molecule has 230 valence electrons. The monoisotopic (exact) mass is 602 g/mol. The predicted molar refractivity (Wildman–Crippen MR) is 158 cm³/mol. The zero-order valence-electron chi connectivity index (χ0n) is 26.1. The molecule has 0 amide bonds. The van der Waals surface area contributed by atoms with Crippen LogP contribution >= 0.6 is 0 Å². The van der Waals surface area contributed by atoms with E-state index < -0.39 is 31.9 Å². The number of halogens is 3. The van der Waals surface area contributed by atoms with Crippen molar-refractivity contribution in [3.63, 3.8) is 0 Å². The quantitative estimate of drug-likeness (QED) is 0.327. The third kappa shape index (κ3) is 4.96. The van der Waals surface area contributed by atoms with Crippen LogP contribution in [0.1, 0.15) is 131 Å². The minimum atomic E-state index is -4.50. The van der Waals surface area contributed by atoms with E-state index in [0.29, 0.717) is 31.6 Å². The number of alkyl halides is 3. The fourth-order valence-corrected chi connectivity index (χ4v) is 8.62. The zero-order valence-corrected chi connectivity index (χ0v) is 27.1. The van der Waals surface area contributed by atoms with Crippen LogP contribution in [0.3, 0.4) is 0 Å². The van der Waals surface area contributed by atoms with Gasteiger partial charge in [0.25, 0.3) is 0 Å². The number of fused-ring (bicyclic) bond motifs is 4. The molecule has 2 aromatic heterocycles. The van der Waals surface area contributed by atoms with Gasteiger partial charge in [0.15, 0.2) is 8.32 Å². The normalized spacial score (nSPS) is 25.0. The number of rotatable bonds is 4. The maximum atomic E-state index is 13.4. The van der Waals surface area contributed by atoms with Gasteiger partial charge in [-0.05, 0) is 66.8 Å². The highest BCUT2D eigenvalue weighted by molar-refractivity contribution is 6.74. The van der Waals surface area contributed by atoms with Gasteiger partial charge in [-0.3, -0.25) is 9.97 Å². The predicted octanol–water partition coefficient (Wildman–Crippen LogP) is 8.92. The molecule has 4 heterocycles. The summed E-state index contributed by atoms with van der Waals surface area (Å²) in [5, 5.41) is 0.0488. The number of ether oxygens (including phenoxy) is 2. The first kappa shape index (κ1) is 30.2. The molecule has 0 N–H and O–H groups in total. The number of hydrogen-bond donors (Lipinski definition) is 0. The Labute approximate surface area is 249 Å². The first-order valence-electron chi connectivity index (χ1n) is 15.6. The van der Waals surface area contributed by atoms with Crippen molar-refractivity contribution in [1.82, 2.24) is 9.97 Å². The second kappa shape index (κ2) is 10.1. The van der Waals surface area contributed by atoms with E-state index in [1.807, 2.05) is 0 Å². The SMILES string of the molecule is CC(C)c1nc2c(c3c1[C@@H](c1ccc(C(F)(F)F)nc1)OC31CCOCC1)C(O[Si](C)(C)C(C)(C)C)CC1(CCC1)C2. The minimum Gasteiger partial charge on any atom is -0.410 e. The molecule has 2 aromatic rings. The molecule has 2 aliphatic carbocycles. The van der Waals surface area contributed by atoms with E-state index in [1.54, 1.807) is 0 Å². The van der Waals surface area contributed by atoms with Crippen LogP contribution in [-0.4, -0.2) is 31.5 Å². The molecule has 2 spiro atoms. The molecule has 1 saturated carbocycles. The fraction of sp³-hybridized carbons (Fsp3) is 0.697. The summed E-state index contributed by atoms with van der Waals surface area (Å²) < 4.78 is 60.5. The lowest BCUT2D eigenvalue weighted by Gasteiger charge is -2.51. The standard InChI is InChI=1S/C33H45F3N2O3Si/c1-20(2)28-26-27(25-22(38-28)17-31(11-8-12-31)18-23(25)41-42(6,7)30(3,4)5)32(13-15-39-16-14-32)40-29(26)21-9-10-24(37-19-21)33(34,35)36/h9-10,19-20,23,29H,8,11-18H2,1-7H3/t23?,29-/m1/s1. The van der Waals surface area contributed by atoms with E-state index in [-0.39, 0.29) is 22.5 Å². The summed E-state index contributed by atoms with van der Waals surface area (Å²) in [5.41, 5.74) is 4.89. The molecule has 9 heteroatoms. The van der Waals surface area contributed by atoms with Crippen molar-refractivity contribution in [1.29, 1.82) is 0 Å². The zero-order chi connectivity index (χ0) is 30.3. The summed E-state index contributed by atoms with van der Waals surface area (Å²) in [6.07, 6.45) is 3.19. The summed E-state index contributed by atoms with van der Waals surface area (Å²) in [7, 11) is -2.16. The summed E-state index contributed by atoms with van der Waals surface area (Å²) in [6, 6.07) is 2.59. The molecular weight excluding hydrogens is 557 g/mol. The average molecular weight is 603 g/mol. The van der Waals surface area contributed by atoms with Crippen LogP contribution in [0.4, 0.5) is 13.2 Å². The van der Waals surface area contributed by atoms with Gasteiger partial charge in [-0.15, -0.1) is 0 Å². The number of pyridine rings is 2. The van der Waals surface area contributed by atoms with E-state index in [1.165, 1.54) is 42.7 Å². The minimum absolute atomic E-state index is 0.0488. The van der Waals surface area contributed by atoms with Crippen molar-refractivity contribution >= 4 is 8.32 Å². The number of nitrogens with zero attached hydrogens (tertiary/aromatic N) is 2. The van der Waals surface area contributed by atoms with Gasteiger partial charge in [0.05, 0.1) is 11.7 Å². The van der Waals surface area contributed by atoms with Crippen molar-refractivity contribution in [2.24, 2.45) is 5.41 Å². The fourth-order valence-electron chi connectivity index (χ4n) is 7.35. The molecule has 5 nitrogen and oxygen atoms in total. The molecule has 2 aliphatic heterocycles. The molecule has 0 radical (unpaired) electrons. The smallest absolute Gasteiger partial charge is 0.410 e. The van der Waals surface area contributed by atoms with Crippen LogP contribution in [0.5, 0.6) is 0 Å². The Bertz CT molecular complexity index is 1340. The van der Waals surface area contributed by atoms with Crippen molar-refractivity contribution < 1.29 is 27.1 Å². The maximum Gasteiger partial charge on any atom is 0.433 e. The van der Waals surface area contributed by atoms with Gasteiger partial charge >= 0.3 is 6.18 Å². The van der Waals surface area contributed by atoms with Gasteiger partial charge in [-0.1, -0.05) is 47.1 Å². The summed E-state index contributed by atoms with van der Waals surface area (Å²) in [5.74, 6) is 0.117. The highest BCUT2D eigenvalue weighted by atomic mass is 28.4. The lowest BCUT2D eigenvalue weighted by molar-refractivity contribution is -0.141.